The lowest BCUT2D eigenvalue weighted by Gasteiger charge is -2.27. The van der Waals surface area contributed by atoms with Gasteiger partial charge < -0.3 is 9.64 Å². The van der Waals surface area contributed by atoms with Crippen molar-refractivity contribution in [1.29, 1.82) is 0 Å². The van der Waals surface area contributed by atoms with E-state index in [1.165, 1.54) is 12.5 Å². The number of ether oxygens (including phenoxy) is 1. The highest BCUT2D eigenvalue weighted by Gasteiger charge is 2.54. The standard InChI is InChI=1S/C15H18FNO3.C15H22FN/c1-11(12-6-4-3-5-7-12)17-9-13(8-16)15(2,14(17)19)20-10-18;1-12(13-7-5-4-6-8-13)17-10-14(9-16)15(2,3)11-17/h3-7,10-11,13H,8-9H2,1-2H3;4-8,12,14H,9-11H2,1-3H3/t11-,13-,15-;12-,14-/m11/s1. The minimum atomic E-state index is -1.40. The maximum Gasteiger partial charge on any atom is 0.294 e. The summed E-state index contributed by atoms with van der Waals surface area (Å²) in [5.74, 6) is -0.802. The Morgan fingerprint density at radius 1 is 0.892 bits per heavy atom. The zero-order valence-electron chi connectivity index (χ0n) is 22.6. The van der Waals surface area contributed by atoms with Gasteiger partial charge in [0.1, 0.15) is 0 Å². The third-order valence-electron chi connectivity index (χ3n) is 8.30. The molecule has 202 valence electrons. The van der Waals surface area contributed by atoms with Gasteiger partial charge in [0.2, 0.25) is 0 Å². The molecule has 2 aromatic rings. The molecule has 2 aliphatic heterocycles. The number of hydrogen-bond acceptors (Lipinski definition) is 4. The Morgan fingerprint density at radius 2 is 1.41 bits per heavy atom. The van der Waals surface area contributed by atoms with Crippen LogP contribution in [0, 0.1) is 17.3 Å². The molecule has 5 atom stereocenters. The van der Waals surface area contributed by atoms with E-state index in [9.17, 15) is 18.4 Å². The molecule has 0 saturated carbocycles. The van der Waals surface area contributed by atoms with Gasteiger partial charge in [-0.1, -0.05) is 74.5 Å². The van der Waals surface area contributed by atoms with Gasteiger partial charge in [-0.15, -0.1) is 0 Å². The summed E-state index contributed by atoms with van der Waals surface area (Å²) in [7, 11) is 0. The molecule has 0 radical (unpaired) electrons. The second-order valence-electron chi connectivity index (χ2n) is 11.1. The molecule has 0 aliphatic carbocycles. The minimum Gasteiger partial charge on any atom is -0.451 e. The predicted octanol–water partition coefficient (Wildman–Crippen LogP) is 5.78. The topological polar surface area (TPSA) is 49.9 Å². The molecule has 2 saturated heterocycles. The molecule has 37 heavy (non-hydrogen) atoms. The summed E-state index contributed by atoms with van der Waals surface area (Å²) in [5, 5.41) is 0. The molecule has 1 amide bonds. The zero-order chi connectivity index (χ0) is 27.2. The first-order valence-electron chi connectivity index (χ1n) is 13.0. The van der Waals surface area contributed by atoms with Gasteiger partial charge in [-0.25, -0.2) is 0 Å². The molecule has 2 aromatic carbocycles. The van der Waals surface area contributed by atoms with E-state index in [0.717, 1.165) is 18.7 Å². The highest BCUT2D eigenvalue weighted by molar-refractivity contribution is 5.89. The molecule has 0 N–H and O–H groups in total. The first-order chi connectivity index (χ1) is 17.6. The van der Waals surface area contributed by atoms with Crippen LogP contribution in [-0.2, 0) is 14.3 Å². The summed E-state index contributed by atoms with van der Waals surface area (Å²) < 4.78 is 31.1. The minimum absolute atomic E-state index is 0.0950. The Kier molecular flexibility index (Phi) is 9.46. The normalized spacial score (nSPS) is 26.8. The van der Waals surface area contributed by atoms with E-state index in [1.807, 2.05) is 43.3 Å². The van der Waals surface area contributed by atoms with Crippen LogP contribution in [0.2, 0.25) is 0 Å². The van der Waals surface area contributed by atoms with E-state index in [1.54, 1.807) is 4.90 Å². The quantitative estimate of drug-likeness (QED) is 0.419. The maximum absolute atomic E-state index is 13.2. The fraction of sp³-hybridized carbons (Fsp3) is 0.533. The summed E-state index contributed by atoms with van der Waals surface area (Å²) in [6, 6.07) is 20.2. The van der Waals surface area contributed by atoms with Gasteiger partial charge in [-0.2, -0.15) is 0 Å². The molecular weight excluding hydrogens is 474 g/mol. The van der Waals surface area contributed by atoms with Crippen molar-refractivity contribution < 1.29 is 23.1 Å². The van der Waals surface area contributed by atoms with Gasteiger partial charge in [0.25, 0.3) is 12.4 Å². The maximum atomic E-state index is 13.2. The number of halogens is 2. The number of carbonyl (C=O) groups is 2. The lowest BCUT2D eigenvalue weighted by Crippen LogP contribution is -2.44. The van der Waals surface area contributed by atoms with Gasteiger partial charge >= 0.3 is 0 Å². The monoisotopic (exact) mass is 514 g/mol. The number of alkyl halides is 2. The highest BCUT2D eigenvalue weighted by Crippen LogP contribution is 2.39. The number of hydrogen-bond donors (Lipinski definition) is 0. The van der Waals surface area contributed by atoms with Crippen molar-refractivity contribution in [1.82, 2.24) is 9.80 Å². The summed E-state index contributed by atoms with van der Waals surface area (Å²) in [6.45, 7) is 11.3. The van der Waals surface area contributed by atoms with Crippen LogP contribution in [0.1, 0.15) is 57.8 Å². The van der Waals surface area contributed by atoms with E-state index in [4.69, 9.17) is 4.74 Å². The van der Waals surface area contributed by atoms with E-state index in [-0.39, 0.29) is 43.0 Å². The molecule has 2 aliphatic rings. The van der Waals surface area contributed by atoms with Gasteiger partial charge in [0, 0.05) is 31.6 Å². The van der Waals surface area contributed by atoms with Gasteiger partial charge in [0.15, 0.2) is 5.60 Å². The first kappa shape index (κ1) is 28.8. The van der Waals surface area contributed by atoms with Gasteiger partial charge in [-0.3, -0.25) is 23.3 Å². The number of rotatable bonds is 8. The largest absolute Gasteiger partial charge is 0.451 e. The van der Waals surface area contributed by atoms with E-state index < -0.39 is 18.2 Å². The number of likely N-dealkylation sites (tertiary alicyclic amines) is 2. The first-order valence-corrected chi connectivity index (χ1v) is 13.0. The van der Waals surface area contributed by atoms with Crippen LogP contribution < -0.4 is 0 Å². The summed E-state index contributed by atoms with van der Waals surface area (Å²) in [5.41, 5.74) is 0.980. The van der Waals surface area contributed by atoms with Gasteiger partial charge in [-0.05, 0) is 37.3 Å². The van der Waals surface area contributed by atoms with Crippen LogP contribution in [0.25, 0.3) is 0 Å². The van der Waals surface area contributed by atoms with Crippen molar-refractivity contribution in [3.05, 3.63) is 71.8 Å². The summed E-state index contributed by atoms with van der Waals surface area (Å²) >= 11 is 0. The van der Waals surface area contributed by atoms with Crippen LogP contribution in [0.15, 0.2) is 60.7 Å². The molecule has 0 unspecified atom stereocenters. The summed E-state index contributed by atoms with van der Waals surface area (Å²) in [6.07, 6.45) is 0. The van der Waals surface area contributed by atoms with E-state index >= 15 is 0 Å². The Morgan fingerprint density at radius 3 is 1.86 bits per heavy atom. The molecule has 4 rings (SSSR count). The Bertz CT molecular complexity index is 1020. The van der Waals surface area contributed by atoms with Crippen molar-refractivity contribution >= 4 is 12.4 Å². The Hall–Kier alpha value is -2.80. The van der Waals surface area contributed by atoms with Crippen molar-refractivity contribution in [2.75, 3.05) is 33.0 Å². The smallest absolute Gasteiger partial charge is 0.294 e. The van der Waals surface area contributed by atoms with Crippen LogP contribution >= 0.6 is 0 Å². The zero-order valence-corrected chi connectivity index (χ0v) is 22.6. The van der Waals surface area contributed by atoms with Crippen molar-refractivity contribution in [2.45, 2.75) is 52.3 Å². The molecule has 7 heteroatoms. The molecule has 5 nitrogen and oxygen atoms in total. The predicted molar refractivity (Wildman–Crippen MR) is 141 cm³/mol. The average Bonchev–Trinajstić information content (AvgIpc) is 3.36. The molecule has 0 bridgehead atoms. The highest BCUT2D eigenvalue weighted by atomic mass is 19.1. The van der Waals surface area contributed by atoms with Crippen LogP contribution in [0.5, 0.6) is 0 Å². The second-order valence-corrected chi connectivity index (χ2v) is 11.1. The van der Waals surface area contributed by atoms with Crippen molar-refractivity contribution in [3.8, 4) is 0 Å². The number of carbonyl (C=O) groups excluding carboxylic acids is 2. The average molecular weight is 515 g/mol. The van der Waals surface area contributed by atoms with Crippen LogP contribution in [0.3, 0.4) is 0 Å². The number of benzene rings is 2. The third kappa shape index (κ3) is 6.20. The lowest BCUT2D eigenvalue weighted by atomic mass is 9.83. The van der Waals surface area contributed by atoms with Crippen molar-refractivity contribution in [3.63, 3.8) is 0 Å². The molecule has 2 heterocycles. The van der Waals surface area contributed by atoms with E-state index in [2.05, 4.69) is 49.9 Å². The lowest BCUT2D eigenvalue weighted by molar-refractivity contribution is -0.160. The Balaban J connectivity index is 0.000000208. The fourth-order valence-corrected chi connectivity index (χ4v) is 5.38. The third-order valence-corrected chi connectivity index (χ3v) is 8.30. The Labute approximate surface area is 219 Å². The van der Waals surface area contributed by atoms with Gasteiger partial charge in [0.05, 0.1) is 25.3 Å². The van der Waals surface area contributed by atoms with Crippen molar-refractivity contribution in [2.24, 2.45) is 17.3 Å². The fourth-order valence-electron chi connectivity index (χ4n) is 5.38. The molecule has 0 spiro atoms. The molecule has 0 aromatic heterocycles. The second kappa shape index (κ2) is 12.2. The van der Waals surface area contributed by atoms with Crippen LogP contribution in [0.4, 0.5) is 8.78 Å². The van der Waals surface area contributed by atoms with E-state index in [0.29, 0.717) is 6.04 Å². The number of amides is 1. The SMILES string of the molecule is C[C@H](c1ccccc1)N1C[C@@H](CF)C(C)(C)C1.C[C@H](c1ccccc1)N1C[C@@H](CF)[C@@](C)(OC=O)C1=O. The van der Waals surface area contributed by atoms with Crippen LogP contribution in [-0.4, -0.2) is 60.8 Å². The number of nitrogens with zero attached hydrogens (tertiary/aromatic N) is 2. The summed E-state index contributed by atoms with van der Waals surface area (Å²) in [4.78, 5) is 27.1. The molecular formula is C30H40F2N2O3. The molecule has 2 fully saturated rings.